The Labute approximate surface area is 136 Å². The molecule has 1 aromatic carbocycles. The number of hydrogen-bond acceptors (Lipinski definition) is 3. The number of anilines is 2. The van der Waals surface area contributed by atoms with Crippen molar-refractivity contribution >= 4 is 17.3 Å². The molecule has 0 radical (unpaired) electrons. The molecule has 0 saturated carbocycles. The number of benzene rings is 1. The maximum Gasteiger partial charge on any atom is 0.291 e. The number of allylic oxidation sites excluding steroid dienone is 1. The van der Waals surface area contributed by atoms with E-state index in [1.165, 1.54) is 31.9 Å². The molecule has 1 aromatic heterocycles. The Bertz CT molecular complexity index is 657. The first-order valence-electron chi connectivity index (χ1n) is 8.18. The van der Waals surface area contributed by atoms with E-state index in [0.717, 1.165) is 24.3 Å². The zero-order valence-corrected chi connectivity index (χ0v) is 13.2. The van der Waals surface area contributed by atoms with E-state index < -0.39 is 0 Å². The number of furan rings is 1. The summed E-state index contributed by atoms with van der Waals surface area (Å²) in [6.45, 7) is 0.948. The Hall–Kier alpha value is -2.49. The fourth-order valence-electron chi connectivity index (χ4n) is 2.77. The average Bonchev–Trinajstić information content (AvgIpc) is 3.12. The van der Waals surface area contributed by atoms with E-state index in [0.29, 0.717) is 5.76 Å². The molecule has 3 rings (SSSR count). The predicted octanol–water partition coefficient (Wildman–Crippen LogP) is 4.83. The van der Waals surface area contributed by atoms with E-state index in [4.69, 9.17) is 4.42 Å². The lowest BCUT2D eigenvalue weighted by molar-refractivity contribution is 0.0996. The molecule has 1 aliphatic rings. The molecule has 23 heavy (non-hydrogen) atoms. The van der Waals surface area contributed by atoms with Gasteiger partial charge in [0.25, 0.3) is 5.91 Å². The van der Waals surface area contributed by atoms with Crippen LogP contribution in [0.25, 0.3) is 0 Å². The number of amides is 1. The summed E-state index contributed by atoms with van der Waals surface area (Å²) in [6.07, 6.45) is 10.1. The zero-order chi connectivity index (χ0) is 15.9. The monoisotopic (exact) mass is 310 g/mol. The van der Waals surface area contributed by atoms with Gasteiger partial charge in [-0.3, -0.25) is 4.79 Å². The minimum atomic E-state index is -0.236. The van der Waals surface area contributed by atoms with Gasteiger partial charge < -0.3 is 15.1 Å². The van der Waals surface area contributed by atoms with Gasteiger partial charge in [-0.2, -0.15) is 0 Å². The largest absolute Gasteiger partial charge is 0.459 e. The molecule has 0 saturated heterocycles. The van der Waals surface area contributed by atoms with Crippen LogP contribution < -0.4 is 10.6 Å². The molecule has 1 heterocycles. The summed E-state index contributed by atoms with van der Waals surface area (Å²) in [4.78, 5) is 11.9. The molecule has 120 valence electrons. The van der Waals surface area contributed by atoms with E-state index in [2.05, 4.69) is 16.7 Å². The lowest BCUT2D eigenvalue weighted by Gasteiger charge is -2.13. The second kappa shape index (κ2) is 7.68. The Kier molecular flexibility index (Phi) is 5.14. The molecule has 1 aliphatic carbocycles. The van der Waals surface area contributed by atoms with Gasteiger partial charge in [-0.05, 0) is 68.5 Å². The van der Waals surface area contributed by atoms with Crippen molar-refractivity contribution < 1.29 is 9.21 Å². The van der Waals surface area contributed by atoms with Crippen molar-refractivity contribution in [1.82, 2.24) is 0 Å². The number of nitrogens with one attached hydrogen (secondary N) is 2. The molecule has 2 aromatic rings. The number of rotatable bonds is 6. The van der Waals surface area contributed by atoms with Crippen LogP contribution in [-0.4, -0.2) is 12.5 Å². The van der Waals surface area contributed by atoms with Crippen molar-refractivity contribution in [2.75, 3.05) is 17.2 Å². The summed E-state index contributed by atoms with van der Waals surface area (Å²) in [5.74, 6) is 0.0768. The third kappa shape index (κ3) is 4.49. The van der Waals surface area contributed by atoms with Crippen molar-refractivity contribution in [3.8, 4) is 0 Å². The number of hydrogen-bond donors (Lipinski definition) is 2. The highest BCUT2D eigenvalue weighted by molar-refractivity contribution is 6.02. The molecular weight excluding hydrogens is 288 g/mol. The molecule has 4 nitrogen and oxygen atoms in total. The van der Waals surface area contributed by atoms with Gasteiger partial charge in [0.2, 0.25) is 0 Å². The van der Waals surface area contributed by atoms with Gasteiger partial charge in [-0.15, -0.1) is 0 Å². The van der Waals surface area contributed by atoms with E-state index in [1.807, 2.05) is 24.3 Å². The average molecular weight is 310 g/mol. The van der Waals surface area contributed by atoms with Crippen LogP contribution >= 0.6 is 0 Å². The van der Waals surface area contributed by atoms with E-state index in [-0.39, 0.29) is 5.91 Å². The minimum absolute atomic E-state index is 0.236. The van der Waals surface area contributed by atoms with Crippen LogP contribution in [0.5, 0.6) is 0 Å². The summed E-state index contributed by atoms with van der Waals surface area (Å²) in [5.41, 5.74) is 3.40. The fourth-order valence-corrected chi connectivity index (χ4v) is 2.77. The van der Waals surface area contributed by atoms with Gasteiger partial charge in [0.05, 0.1) is 6.26 Å². The van der Waals surface area contributed by atoms with Gasteiger partial charge in [0.1, 0.15) is 0 Å². The Morgan fingerprint density at radius 2 is 1.91 bits per heavy atom. The SMILES string of the molecule is O=C(Nc1ccc(NCCC2=CCCCC2)cc1)c1ccco1. The van der Waals surface area contributed by atoms with Crippen molar-refractivity contribution in [2.24, 2.45) is 0 Å². The van der Waals surface area contributed by atoms with Crippen LogP contribution in [0.4, 0.5) is 11.4 Å². The van der Waals surface area contributed by atoms with Crippen LogP contribution in [0.2, 0.25) is 0 Å². The quantitative estimate of drug-likeness (QED) is 0.751. The minimum Gasteiger partial charge on any atom is -0.459 e. The second-order valence-corrected chi connectivity index (χ2v) is 5.79. The summed E-state index contributed by atoms with van der Waals surface area (Å²) in [6, 6.07) is 11.1. The highest BCUT2D eigenvalue weighted by Crippen LogP contribution is 2.20. The molecular formula is C19H22N2O2. The van der Waals surface area contributed by atoms with E-state index >= 15 is 0 Å². The molecule has 2 N–H and O–H groups in total. The predicted molar refractivity (Wildman–Crippen MR) is 92.8 cm³/mol. The third-order valence-corrected chi connectivity index (χ3v) is 4.05. The lowest BCUT2D eigenvalue weighted by Crippen LogP contribution is -2.10. The van der Waals surface area contributed by atoms with Crippen LogP contribution in [-0.2, 0) is 0 Å². The van der Waals surface area contributed by atoms with Gasteiger partial charge in [-0.1, -0.05) is 11.6 Å². The van der Waals surface area contributed by atoms with E-state index in [9.17, 15) is 4.79 Å². The Morgan fingerprint density at radius 1 is 1.09 bits per heavy atom. The highest BCUT2D eigenvalue weighted by Gasteiger charge is 2.08. The highest BCUT2D eigenvalue weighted by atomic mass is 16.3. The molecule has 0 aliphatic heterocycles. The Morgan fingerprint density at radius 3 is 2.61 bits per heavy atom. The molecule has 0 spiro atoms. The molecule has 4 heteroatoms. The summed E-state index contributed by atoms with van der Waals surface area (Å²) < 4.78 is 5.07. The molecule has 0 fully saturated rings. The van der Waals surface area contributed by atoms with Crippen molar-refractivity contribution in [3.63, 3.8) is 0 Å². The zero-order valence-electron chi connectivity index (χ0n) is 13.2. The van der Waals surface area contributed by atoms with Crippen LogP contribution in [0.3, 0.4) is 0 Å². The molecule has 0 unspecified atom stereocenters. The normalized spacial score (nSPS) is 14.2. The van der Waals surface area contributed by atoms with Gasteiger partial charge >= 0.3 is 0 Å². The van der Waals surface area contributed by atoms with Crippen molar-refractivity contribution in [2.45, 2.75) is 32.1 Å². The summed E-state index contributed by atoms with van der Waals surface area (Å²) >= 11 is 0. The fraction of sp³-hybridized carbons (Fsp3) is 0.316. The van der Waals surface area contributed by atoms with Crippen LogP contribution in [0, 0.1) is 0 Å². The van der Waals surface area contributed by atoms with Crippen LogP contribution in [0.15, 0.2) is 58.7 Å². The molecule has 0 atom stereocenters. The number of carbonyl (C=O) groups is 1. The first-order valence-corrected chi connectivity index (χ1v) is 8.18. The topological polar surface area (TPSA) is 54.3 Å². The first kappa shape index (κ1) is 15.4. The maximum absolute atomic E-state index is 11.9. The third-order valence-electron chi connectivity index (χ3n) is 4.05. The van der Waals surface area contributed by atoms with Gasteiger partial charge in [-0.25, -0.2) is 0 Å². The van der Waals surface area contributed by atoms with E-state index in [1.54, 1.807) is 17.7 Å². The summed E-state index contributed by atoms with van der Waals surface area (Å²) in [7, 11) is 0. The maximum atomic E-state index is 11.9. The van der Waals surface area contributed by atoms with Crippen LogP contribution in [0.1, 0.15) is 42.7 Å². The van der Waals surface area contributed by atoms with Crippen molar-refractivity contribution in [3.05, 3.63) is 60.1 Å². The number of carbonyl (C=O) groups excluding carboxylic acids is 1. The van der Waals surface area contributed by atoms with Gasteiger partial charge in [0, 0.05) is 17.9 Å². The summed E-state index contributed by atoms with van der Waals surface area (Å²) in [5, 5.41) is 6.24. The Balaban J connectivity index is 1.47. The molecule has 1 amide bonds. The lowest BCUT2D eigenvalue weighted by atomic mass is 9.97. The first-order chi connectivity index (χ1) is 11.3. The second-order valence-electron chi connectivity index (χ2n) is 5.79. The van der Waals surface area contributed by atoms with Gasteiger partial charge in [0.15, 0.2) is 5.76 Å². The smallest absolute Gasteiger partial charge is 0.291 e. The standard InChI is InChI=1S/C19H22N2O2/c22-19(18-7-4-14-23-18)21-17-10-8-16(9-11-17)20-13-12-15-5-2-1-3-6-15/h4-5,7-11,14,20H,1-3,6,12-13H2,(H,21,22). The molecule has 0 bridgehead atoms. The van der Waals surface area contributed by atoms with Crippen molar-refractivity contribution in [1.29, 1.82) is 0 Å².